The zero-order chi connectivity index (χ0) is 14.8. The number of allylic oxidation sites excluding steroid dienone is 2. The molecule has 1 atom stereocenters. The number of aliphatic imine (C=N–C) groups is 1. The van der Waals surface area contributed by atoms with Crippen LogP contribution in [0.3, 0.4) is 0 Å². The van der Waals surface area contributed by atoms with Crippen LogP contribution in [0.5, 0.6) is 0 Å². The second-order valence-electron chi connectivity index (χ2n) is 4.23. The van der Waals surface area contributed by atoms with Crippen LogP contribution < -0.4 is 0 Å². The second kappa shape index (κ2) is 8.64. The molecule has 3 heteroatoms. The van der Waals surface area contributed by atoms with E-state index in [0.717, 1.165) is 5.56 Å². The monoisotopic (exact) mass is 269 g/mol. The first-order valence-corrected chi connectivity index (χ1v) is 6.35. The van der Waals surface area contributed by atoms with Crippen LogP contribution >= 0.6 is 0 Å². The van der Waals surface area contributed by atoms with Gasteiger partial charge in [-0.05, 0) is 24.1 Å². The summed E-state index contributed by atoms with van der Waals surface area (Å²) < 4.78 is 5.25. The van der Waals surface area contributed by atoms with Crippen molar-refractivity contribution < 1.29 is 9.53 Å². The third-order valence-corrected chi connectivity index (χ3v) is 2.72. The van der Waals surface area contributed by atoms with Crippen LogP contribution in [0.25, 0.3) is 0 Å². The molecule has 0 bridgehead atoms. The van der Waals surface area contributed by atoms with Gasteiger partial charge in [-0.15, -0.1) is 0 Å². The van der Waals surface area contributed by atoms with Crippen LogP contribution in [0.4, 0.5) is 0 Å². The molecule has 0 spiro atoms. The molecule has 0 aliphatic carbocycles. The molecule has 3 nitrogen and oxygen atoms in total. The van der Waals surface area contributed by atoms with Crippen LogP contribution in [-0.4, -0.2) is 12.2 Å². The van der Waals surface area contributed by atoms with Crippen LogP contribution in [0.1, 0.15) is 12.5 Å². The molecule has 0 saturated carbocycles. The molecule has 0 aromatic heterocycles. The van der Waals surface area contributed by atoms with Gasteiger partial charge in [-0.2, -0.15) is 0 Å². The van der Waals surface area contributed by atoms with E-state index in [1.165, 1.54) is 6.20 Å². The Labute approximate surface area is 120 Å². The van der Waals surface area contributed by atoms with Crippen molar-refractivity contribution in [2.75, 3.05) is 0 Å². The summed E-state index contributed by atoms with van der Waals surface area (Å²) in [6, 6.07) is 9.57. The van der Waals surface area contributed by atoms with Gasteiger partial charge in [-0.3, -0.25) is 9.79 Å². The maximum atomic E-state index is 11.9. The van der Waals surface area contributed by atoms with Gasteiger partial charge in [0.05, 0.1) is 5.92 Å². The standard InChI is InChI=1S/C17H19NO2/c1-4-18-12-8-9-14(2)15(3)17(19)20-13-16-10-6-5-7-11-16/h4-12,15H,1-2,13H2,3H3/b9-8-,18-12?. The number of rotatable bonds is 7. The Balaban J connectivity index is 2.46. The Kier molecular flexibility index (Phi) is 6.76. The van der Waals surface area contributed by atoms with Gasteiger partial charge >= 0.3 is 5.97 Å². The maximum Gasteiger partial charge on any atom is 0.313 e. The van der Waals surface area contributed by atoms with E-state index in [-0.39, 0.29) is 18.5 Å². The Morgan fingerprint density at radius 2 is 2.10 bits per heavy atom. The van der Waals surface area contributed by atoms with Crippen molar-refractivity contribution in [2.45, 2.75) is 13.5 Å². The van der Waals surface area contributed by atoms with Crippen molar-refractivity contribution in [3.63, 3.8) is 0 Å². The van der Waals surface area contributed by atoms with Gasteiger partial charge < -0.3 is 4.74 Å². The molecule has 0 aliphatic heterocycles. The molecule has 0 radical (unpaired) electrons. The highest BCUT2D eigenvalue weighted by Crippen LogP contribution is 2.13. The van der Waals surface area contributed by atoms with E-state index < -0.39 is 0 Å². The minimum absolute atomic E-state index is 0.277. The first kappa shape index (κ1) is 15.6. The fourth-order valence-corrected chi connectivity index (χ4v) is 1.43. The summed E-state index contributed by atoms with van der Waals surface area (Å²) in [4.78, 5) is 15.7. The van der Waals surface area contributed by atoms with Crippen molar-refractivity contribution >= 4 is 12.2 Å². The van der Waals surface area contributed by atoms with Crippen molar-refractivity contribution in [3.8, 4) is 0 Å². The summed E-state index contributed by atoms with van der Waals surface area (Å²) in [6.45, 7) is 9.36. The van der Waals surface area contributed by atoms with Gasteiger partial charge in [-0.25, -0.2) is 0 Å². The molecule has 1 rings (SSSR count). The molecule has 0 N–H and O–H groups in total. The molecule has 1 aromatic rings. The maximum absolute atomic E-state index is 11.9. The predicted octanol–water partition coefficient (Wildman–Crippen LogP) is 3.69. The van der Waals surface area contributed by atoms with Crippen molar-refractivity contribution in [1.82, 2.24) is 0 Å². The van der Waals surface area contributed by atoms with E-state index in [1.54, 1.807) is 25.3 Å². The van der Waals surface area contributed by atoms with Crippen LogP contribution in [0, 0.1) is 5.92 Å². The molecule has 0 fully saturated rings. The fraction of sp³-hybridized carbons (Fsp3) is 0.176. The lowest BCUT2D eigenvalue weighted by atomic mass is 10.0. The average Bonchev–Trinajstić information content (AvgIpc) is 2.49. The number of carbonyl (C=O) groups is 1. The van der Waals surface area contributed by atoms with E-state index in [1.807, 2.05) is 30.3 Å². The molecule has 0 saturated heterocycles. The molecule has 0 aliphatic rings. The number of hydrogen-bond acceptors (Lipinski definition) is 3. The summed E-state index contributed by atoms with van der Waals surface area (Å²) in [5, 5.41) is 0. The number of benzene rings is 1. The summed E-state index contributed by atoms with van der Waals surface area (Å²) in [5.41, 5.74) is 1.64. The molecule has 0 heterocycles. The number of esters is 1. The first-order chi connectivity index (χ1) is 9.65. The smallest absolute Gasteiger partial charge is 0.313 e. The average molecular weight is 269 g/mol. The molecule has 1 aromatic carbocycles. The minimum Gasteiger partial charge on any atom is -0.460 e. The van der Waals surface area contributed by atoms with E-state index in [9.17, 15) is 4.79 Å². The third-order valence-electron chi connectivity index (χ3n) is 2.72. The Hall–Kier alpha value is -2.42. The molecule has 0 amide bonds. The van der Waals surface area contributed by atoms with Gasteiger partial charge in [0.2, 0.25) is 0 Å². The SMILES string of the molecule is C=CN=C/C=C\C(=C)C(C)C(=O)OCc1ccccc1. The fourth-order valence-electron chi connectivity index (χ4n) is 1.43. The van der Waals surface area contributed by atoms with E-state index in [2.05, 4.69) is 18.2 Å². The molecular weight excluding hydrogens is 250 g/mol. The quantitative estimate of drug-likeness (QED) is 0.430. The summed E-state index contributed by atoms with van der Waals surface area (Å²) >= 11 is 0. The summed E-state index contributed by atoms with van der Waals surface area (Å²) in [6.07, 6.45) is 6.47. The van der Waals surface area contributed by atoms with Crippen LogP contribution in [0.15, 0.2) is 72.4 Å². The Morgan fingerprint density at radius 1 is 1.40 bits per heavy atom. The lowest BCUT2D eigenvalue weighted by Gasteiger charge is -2.11. The van der Waals surface area contributed by atoms with Gasteiger partial charge in [0, 0.05) is 12.4 Å². The zero-order valence-electron chi connectivity index (χ0n) is 11.7. The summed E-state index contributed by atoms with van der Waals surface area (Å²) in [7, 11) is 0. The second-order valence-corrected chi connectivity index (χ2v) is 4.23. The number of ether oxygens (including phenoxy) is 1. The molecule has 104 valence electrons. The highest BCUT2D eigenvalue weighted by atomic mass is 16.5. The van der Waals surface area contributed by atoms with Crippen molar-refractivity contribution in [3.05, 3.63) is 73.0 Å². The third kappa shape index (κ3) is 5.48. The zero-order valence-corrected chi connectivity index (χ0v) is 11.7. The molecule has 1 unspecified atom stereocenters. The van der Waals surface area contributed by atoms with Gasteiger partial charge in [0.15, 0.2) is 0 Å². The van der Waals surface area contributed by atoms with E-state index in [4.69, 9.17) is 4.74 Å². The van der Waals surface area contributed by atoms with Gasteiger partial charge in [0.25, 0.3) is 0 Å². The Bertz CT molecular complexity index is 515. The van der Waals surface area contributed by atoms with E-state index >= 15 is 0 Å². The number of nitrogens with zero attached hydrogens (tertiary/aromatic N) is 1. The van der Waals surface area contributed by atoms with E-state index in [0.29, 0.717) is 5.57 Å². The highest BCUT2D eigenvalue weighted by molar-refractivity contribution is 5.77. The van der Waals surface area contributed by atoms with Gasteiger partial charge in [-0.1, -0.05) is 49.6 Å². The van der Waals surface area contributed by atoms with Crippen LogP contribution in [-0.2, 0) is 16.1 Å². The first-order valence-electron chi connectivity index (χ1n) is 6.35. The molecular formula is C17H19NO2. The van der Waals surface area contributed by atoms with Crippen molar-refractivity contribution in [2.24, 2.45) is 10.9 Å². The largest absolute Gasteiger partial charge is 0.460 e. The lowest BCUT2D eigenvalue weighted by Crippen LogP contribution is -2.15. The van der Waals surface area contributed by atoms with Gasteiger partial charge in [0.1, 0.15) is 6.61 Å². The minimum atomic E-state index is -0.382. The Morgan fingerprint density at radius 3 is 2.75 bits per heavy atom. The molecule has 20 heavy (non-hydrogen) atoms. The highest BCUT2D eigenvalue weighted by Gasteiger charge is 2.15. The predicted molar refractivity (Wildman–Crippen MR) is 82.4 cm³/mol. The summed E-state index contributed by atoms with van der Waals surface area (Å²) in [5.74, 6) is -0.670. The lowest BCUT2D eigenvalue weighted by molar-refractivity contribution is -0.147. The van der Waals surface area contributed by atoms with Crippen molar-refractivity contribution in [1.29, 1.82) is 0 Å². The normalized spacial score (nSPS) is 12.4. The number of carbonyl (C=O) groups excluding carboxylic acids is 1. The topological polar surface area (TPSA) is 38.7 Å². The van der Waals surface area contributed by atoms with Crippen LogP contribution in [0.2, 0.25) is 0 Å². The number of hydrogen-bond donors (Lipinski definition) is 0.